The summed E-state index contributed by atoms with van der Waals surface area (Å²) in [4.78, 5) is 13.8. The number of halogens is 1. The number of hydrogen-bond acceptors (Lipinski definition) is 2. The molecule has 2 aliphatic heterocycles. The van der Waals surface area contributed by atoms with E-state index in [-0.39, 0.29) is 23.4 Å². The highest BCUT2D eigenvalue weighted by Gasteiger charge is 2.44. The Hall–Kier alpha value is -0.0631. The van der Waals surface area contributed by atoms with Crippen LogP contribution in [0.3, 0.4) is 0 Å². The number of amides is 1. The Morgan fingerprint density at radius 3 is 2.75 bits per heavy atom. The number of fused-ring (bicyclic) bond motifs is 1. The third kappa shape index (κ3) is 2.44. The van der Waals surface area contributed by atoms with Gasteiger partial charge in [0.25, 0.3) is 0 Å². The summed E-state index contributed by atoms with van der Waals surface area (Å²) >= 11 is 6.10. The van der Waals surface area contributed by atoms with E-state index >= 15 is 0 Å². The molecule has 2 fully saturated rings. The van der Waals surface area contributed by atoms with Gasteiger partial charge in [0, 0.05) is 6.54 Å². The minimum absolute atomic E-state index is 0.111. The smallest absolute Gasteiger partial charge is 0.241 e. The molecule has 0 aromatic carbocycles. The van der Waals surface area contributed by atoms with Crippen LogP contribution in [0.4, 0.5) is 0 Å². The maximum absolute atomic E-state index is 11.9. The normalized spacial score (nSPS) is 35.4. The Balaban J connectivity index is 2.11. The highest BCUT2D eigenvalue weighted by atomic mass is 35.5. The first-order valence-corrected chi connectivity index (χ1v) is 9.85. The Morgan fingerprint density at radius 1 is 1.44 bits per heavy atom. The van der Waals surface area contributed by atoms with Crippen molar-refractivity contribution in [3.8, 4) is 0 Å². The van der Waals surface area contributed by atoms with E-state index < -0.39 is 8.32 Å². The van der Waals surface area contributed by atoms with E-state index in [1.165, 1.54) is 0 Å². The summed E-state index contributed by atoms with van der Waals surface area (Å²) in [5.74, 6) is 0.111. The van der Waals surface area contributed by atoms with Crippen molar-refractivity contribution >= 4 is 25.8 Å². The molecule has 0 radical (unpaired) electrons. The number of piperidine rings is 1. The first kappa shape index (κ1) is 12.4. The minimum Gasteiger partial charge on any atom is -0.413 e. The summed E-state index contributed by atoms with van der Waals surface area (Å²) in [5, 5.41) is -0.379. The number of alkyl halides is 1. The van der Waals surface area contributed by atoms with Crippen LogP contribution < -0.4 is 0 Å². The lowest BCUT2D eigenvalue weighted by Gasteiger charge is -2.41. The van der Waals surface area contributed by atoms with Crippen LogP contribution in [0.15, 0.2) is 0 Å². The molecule has 5 heteroatoms. The largest absolute Gasteiger partial charge is 0.413 e. The van der Waals surface area contributed by atoms with E-state index in [0.29, 0.717) is 6.42 Å². The van der Waals surface area contributed by atoms with Crippen LogP contribution in [0.5, 0.6) is 0 Å². The molecule has 0 spiro atoms. The predicted octanol–water partition coefficient (Wildman–Crippen LogP) is 2.21. The van der Waals surface area contributed by atoms with Crippen molar-refractivity contribution in [2.24, 2.45) is 0 Å². The SMILES string of the molecule is C[Si](C)(C)O[C@@H]1C[C@@H](Cl)C(=O)N2CCC[C@@H]12. The van der Waals surface area contributed by atoms with Gasteiger partial charge in [0.15, 0.2) is 8.32 Å². The predicted molar refractivity (Wildman–Crippen MR) is 67.2 cm³/mol. The second-order valence-electron chi connectivity index (χ2n) is 5.71. The summed E-state index contributed by atoms with van der Waals surface area (Å²) in [6.07, 6.45) is 3.01. The van der Waals surface area contributed by atoms with E-state index in [1.807, 2.05) is 4.90 Å². The molecular formula is C11H20ClNO2Si. The molecule has 0 aromatic heterocycles. The molecule has 1 amide bonds. The van der Waals surface area contributed by atoms with Crippen LogP contribution in [0.1, 0.15) is 19.3 Å². The van der Waals surface area contributed by atoms with Crippen LogP contribution in [0, 0.1) is 0 Å². The Labute approximate surface area is 103 Å². The van der Waals surface area contributed by atoms with Gasteiger partial charge in [-0.1, -0.05) is 0 Å². The Kier molecular flexibility index (Phi) is 3.34. The van der Waals surface area contributed by atoms with Crippen LogP contribution in [-0.4, -0.2) is 43.2 Å². The number of carbonyl (C=O) groups is 1. The zero-order chi connectivity index (χ0) is 11.9. The average Bonchev–Trinajstić information content (AvgIpc) is 2.60. The molecule has 92 valence electrons. The molecule has 3 nitrogen and oxygen atoms in total. The summed E-state index contributed by atoms with van der Waals surface area (Å²) in [5.41, 5.74) is 0. The van der Waals surface area contributed by atoms with Crippen LogP contribution in [0.25, 0.3) is 0 Å². The van der Waals surface area contributed by atoms with Crippen LogP contribution >= 0.6 is 11.6 Å². The molecule has 0 aromatic rings. The van der Waals surface area contributed by atoms with Crippen molar-refractivity contribution < 1.29 is 9.22 Å². The van der Waals surface area contributed by atoms with Gasteiger partial charge in [0.1, 0.15) is 5.38 Å². The average molecular weight is 262 g/mol. The van der Waals surface area contributed by atoms with E-state index in [2.05, 4.69) is 19.6 Å². The molecule has 0 aliphatic carbocycles. The molecule has 16 heavy (non-hydrogen) atoms. The van der Waals surface area contributed by atoms with Crippen molar-refractivity contribution in [3.05, 3.63) is 0 Å². The van der Waals surface area contributed by atoms with Gasteiger partial charge in [0.05, 0.1) is 12.1 Å². The summed E-state index contributed by atoms with van der Waals surface area (Å²) in [6, 6.07) is 0.286. The number of hydrogen-bond donors (Lipinski definition) is 0. The van der Waals surface area contributed by atoms with E-state index in [9.17, 15) is 4.79 Å². The highest BCUT2D eigenvalue weighted by Crippen LogP contribution is 2.33. The lowest BCUT2D eigenvalue weighted by molar-refractivity contribution is -0.137. The fourth-order valence-corrected chi connectivity index (χ4v) is 4.14. The third-order valence-corrected chi connectivity index (χ3v) is 4.60. The molecule has 0 unspecified atom stereocenters. The van der Waals surface area contributed by atoms with Crippen molar-refractivity contribution in [2.45, 2.75) is 56.4 Å². The lowest BCUT2D eigenvalue weighted by Crippen LogP contribution is -2.55. The van der Waals surface area contributed by atoms with E-state index in [0.717, 1.165) is 19.4 Å². The molecule has 0 saturated carbocycles. The van der Waals surface area contributed by atoms with Gasteiger partial charge in [-0.05, 0) is 38.9 Å². The van der Waals surface area contributed by atoms with Gasteiger partial charge >= 0.3 is 0 Å². The highest BCUT2D eigenvalue weighted by molar-refractivity contribution is 6.69. The van der Waals surface area contributed by atoms with Gasteiger partial charge < -0.3 is 9.33 Å². The first-order chi connectivity index (χ1) is 7.38. The number of nitrogens with zero attached hydrogens (tertiary/aromatic N) is 1. The Bertz CT molecular complexity index is 292. The number of rotatable bonds is 2. The Morgan fingerprint density at radius 2 is 2.12 bits per heavy atom. The third-order valence-electron chi connectivity index (χ3n) is 3.22. The fourth-order valence-electron chi connectivity index (χ4n) is 2.68. The zero-order valence-electron chi connectivity index (χ0n) is 10.2. The van der Waals surface area contributed by atoms with Crippen LogP contribution in [0.2, 0.25) is 19.6 Å². The summed E-state index contributed by atoms with van der Waals surface area (Å²) in [6.45, 7) is 7.42. The maximum atomic E-state index is 11.9. The zero-order valence-corrected chi connectivity index (χ0v) is 12.0. The van der Waals surface area contributed by atoms with Gasteiger partial charge in [-0.15, -0.1) is 11.6 Å². The summed E-state index contributed by atoms with van der Waals surface area (Å²) in [7, 11) is -1.55. The topological polar surface area (TPSA) is 29.5 Å². The monoisotopic (exact) mass is 261 g/mol. The molecule has 2 heterocycles. The lowest BCUT2D eigenvalue weighted by atomic mass is 9.98. The van der Waals surface area contributed by atoms with Crippen LogP contribution in [-0.2, 0) is 9.22 Å². The van der Waals surface area contributed by atoms with Crippen molar-refractivity contribution in [1.82, 2.24) is 4.90 Å². The van der Waals surface area contributed by atoms with Crippen molar-refractivity contribution in [1.29, 1.82) is 0 Å². The standard InChI is InChI=1S/C11H20ClNO2Si/c1-16(2,3)15-10-7-8(12)11(14)13-6-4-5-9(10)13/h8-10H,4-7H2,1-3H3/t8-,9+,10-/m1/s1. The van der Waals surface area contributed by atoms with E-state index in [4.69, 9.17) is 16.0 Å². The maximum Gasteiger partial charge on any atom is 0.241 e. The molecule has 2 saturated heterocycles. The number of carbonyl (C=O) groups excluding carboxylic acids is 1. The second kappa shape index (κ2) is 4.31. The quantitative estimate of drug-likeness (QED) is 0.564. The molecule has 2 rings (SSSR count). The molecule has 0 N–H and O–H groups in total. The molecule has 0 bridgehead atoms. The minimum atomic E-state index is -1.55. The molecule has 3 atom stereocenters. The van der Waals surface area contributed by atoms with Crippen molar-refractivity contribution in [2.75, 3.05) is 6.54 Å². The molecular weight excluding hydrogens is 242 g/mol. The fraction of sp³-hybridized carbons (Fsp3) is 0.909. The van der Waals surface area contributed by atoms with Gasteiger partial charge in [-0.2, -0.15) is 0 Å². The van der Waals surface area contributed by atoms with E-state index in [1.54, 1.807) is 0 Å². The molecule has 2 aliphatic rings. The van der Waals surface area contributed by atoms with Gasteiger partial charge in [0.2, 0.25) is 5.91 Å². The van der Waals surface area contributed by atoms with Gasteiger partial charge in [-0.3, -0.25) is 4.79 Å². The van der Waals surface area contributed by atoms with Gasteiger partial charge in [-0.25, -0.2) is 0 Å². The summed E-state index contributed by atoms with van der Waals surface area (Å²) < 4.78 is 6.17. The van der Waals surface area contributed by atoms with Crippen molar-refractivity contribution in [3.63, 3.8) is 0 Å². The first-order valence-electron chi connectivity index (χ1n) is 6.01. The second-order valence-corrected chi connectivity index (χ2v) is 10.7.